The van der Waals surface area contributed by atoms with Crippen LogP contribution in [0.25, 0.3) is 0 Å². The average Bonchev–Trinajstić information content (AvgIpc) is 2.28. The van der Waals surface area contributed by atoms with E-state index in [9.17, 15) is 10.2 Å². The first-order valence-corrected chi connectivity index (χ1v) is 4.57. The van der Waals surface area contributed by atoms with Crippen LogP contribution in [0, 0.1) is 11.3 Å². The summed E-state index contributed by atoms with van der Waals surface area (Å²) in [5, 5.41) is 30.5. The number of pyridine rings is 1. The molecule has 1 aromatic heterocycles. The predicted molar refractivity (Wildman–Crippen MR) is 53.8 cm³/mol. The van der Waals surface area contributed by atoms with Crippen molar-refractivity contribution in [2.24, 2.45) is 0 Å². The van der Waals surface area contributed by atoms with Gasteiger partial charge in [0.15, 0.2) is 0 Å². The van der Waals surface area contributed by atoms with Crippen LogP contribution in [0.3, 0.4) is 0 Å². The molecule has 2 unspecified atom stereocenters. The molecule has 5 nitrogen and oxygen atoms in total. The zero-order chi connectivity index (χ0) is 11.3. The summed E-state index contributed by atoms with van der Waals surface area (Å²) in [6, 6.07) is 6.61. The second-order valence-corrected chi connectivity index (χ2v) is 3.13. The molecule has 15 heavy (non-hydrogen) atoms. The average molecular weight is 207 g/mol. The second kappa shape index (κ2) is 5.41. The molecule has 0 radical (unpaired) electrons. The van der Waals surface area contributed by atoms with Gasteiger partial charge in [-0.1, -0.05) is 6.07 Å². The molecule has 0 aliphatic carbocycles. The molecule has 0 saturated heterocycles. The molecule has 0 bridgehead atoms. The topological polar surface area (TPSA) is 89.2 Å². The Balaban J connectivity index is 2.82. The first-order chi connectivity index (χ1) is 7.19. The van der Waals surface area contributed by atoms with E-state index < -0.39 is 12.2 Å². The van der Waals surface area contributed by atoms with Crippen LogP contribution in [0.1, 0.15) is 17.5 Å². The largest absolute Gasteiger partial charge is 0.389 e. The number of hydrogen-bond donors (Lipinski definition) is 3. The van der Waals surface area contributed by atoms with Gasteiger partial charge < -0.3 is 15.5 Å². The van der Waals surface area contributed by atoms with E-state index >= 15 is 0 Å². The molecular formula is C10H13N3O2. The summed E-state index contributed by atoms with van der Waals surface area (Å²) in [5.41, 5.74) is 0.528. The molecule has 2 atom stereocenters. The van der Waals surface area contributed by atoms with Gasteiger partial charge in [0.2, 0.25) is 0 Å². The maximum Gasteiger partial charge on any atom is 0.140 e. The molecule has 1 aromatic rings. The smallest absolute Gasteiger partial charge is 0.140 e. The summed E-state index contributed by atoms with van der Waals surface area (Å²) in [4.78, 5) is 3.90. The van der Waals surface area contributed by atoms with Crippen molar-refractivity contribution >= 4 is 0 Å². The lowest BCUT2D eigenvalue weighted by Gasteiger charge is -2.16. The highest BCUT2D eigenvalue weighted by molar-refractivity contribution is 5.23. The summed E-state index contributed by atoms with van der Waals surface area (Å²) in [6.45, 7) is 0.264. The summed E-state index contributed by atoms with van der Waals surface area (Å²) < 4.78 is 0. The third-order valence-electron chi connectivity index (χ3n) is 1.97. The Morgan fingerprint density at radius 1 is 1.53 bits per heavy atom. The fourth-order valence-corrected chi connectivity index (χ4v) is 1.20. The maximum atomic E-state index is 9.68. The second-order valence-electron chi connectivity index (χ2n) is 3.13. The zero-order valence-corrected chi connectivity index (χ0v) is 8.38. The molecule has 0 aliphatic heterocycles. The summed E-state index contributed by atoms with van der Waals surface area (Å²) in [7, 11) is 1.68. The Labute approximate surface area is 88.0 Å². The number of likely N-dealkylation sites (N-methyl/N-ethyl adjacent to an activating group) is 1. The number of aliphatic hydroxyl groups excluding tert-OH is 2. The van der Waals surface area contributed by atoms with Gasteiger partial charge in [-0.3, -0.25) is 0 Å². The minimum absolute atomic E-state index is 0.225. The van der Waals surface area contributed by atoms with Crippen LogP contribution in [0.5, 0.6) is 0 Å². The van der Waals surface area contributed by atoms with Crippen LogP contribution in [-0.4, -0.2) is 34.9 Å². The third-order valence-corrected chi connectivity index (χ3v) is 1.97. The Morgan fingerprint density at radius 3 is 2.87 bits per heavy atom. The molecule has 1 rings (SSSR count). The van der Waals surface area contributed by atoms with Gasteiger partial charge in [0, 0.05) is 6.54 Å². The molecule has 3 N–H and O–H groups in total. The molecule has 0 fully saturated rings. The van der Waals surface area contributed by atoms with Gasteiger partial charge in [-0.2, -0.15) is 5.26 Å². The Morgan fingerprint density at radius 2 is 2.27 bits per heavy atom. The maximum absolute atomic E-state index is 9.68. The zero-order valence-electron chi connectivity index (χ0n) is 8.38. The van der Waals surface area contributed by atoms with Gasteiger partial charge in [0.1, 0.15) is 17.9 Å². The van der Waals surface area contributed by atoms with Gasteiger partial charge >= 0.3 is 0 Å². The van der Waals surface area contributed by atoms with Gasteiger partial charge in [0.25, 0.3) is 0 Å². The van der Waals surface area contributed by atoms with E-state index in [1.54, 1.807) is 25.2 Å². The normalized spacial score (nSPS) is 14.3. The van der Waals surface area contributed by atoms with Crippen LogP contribution in [0.15, 0.2) is 18.2 Å². The van der Waals surface area contributed by atoms with E-state index in [1.165, 1.54) is 0 Å². The molecular weight excluding hydrogens is 194 g/mol. The SMILES string of the molecule is CNCC(O)C(O)c1cccc(C#N)n1. The standard InChI is InChI=1S/C10H13N3O2/c1-12-6-9(14)10(15)8-4-2-3-7(5-11)13-8/h2-4,9-10,12,14-15H,6H2,1H3. The molecule has 0 aliphatic rings. The van der Waals surface area contributed by atoms with Crippen molar-refractivity contribution < 1.29 is 10.2 Å². The Bertz CT molecular complexity index is 362. The van der Waals surface area contributed by atoms with E-state index in [0.717, 1.165) is 0 Å². The predicted octanol–water partition coefficient (Wildman–Crippen LogP) is -0.433. The van der Waals surface area contributed by atoms with Crippen molar-refractivity contribution in [3.63, 3.8) is 0 Å². The van der Waals surface area contributed by atoms with Crippen LogP contribution >= 0.6 is 0 Å². The van der Waals surface area contributed by atoms with Crippen molar-refractivity contribution in [2.75, 3.05) is 13.6 Å². The number of nitrogens with one attached hydrogen (secondary N) is 1. The highest BCUT2D eigenvalue weighted by Gasteiger charge is 2.18. The summed E-state index contributed by atoms with van der Waals surface area (Å²) in [6.07, 6.45) is -2.01. The Hall–Kier alpha value is -1.48. The first-order valence-electron chi connectivity index (χ1n) is 4.57. The van der Waals surface area contributed by atoms with Crippen molar-refractivity contribution in [3.8, 4) is 6.07 Å². The summed E-state index contributed by atoms with van der Waals surface area (Å²) in [5.74, 6) is 0. The molecule has 0 amide bonds. The van der Waals surface area contributed by atoms with Gasteiger partial charge in [-0.25, -0.2) is 4.98 Å². The van der Waals surface area contributed by atoms with Gasteiger partial charge in [-0.05, 0) is 19.2 Å². The molecule has 0 spiro atoms. The van der Waals surface area contributed by atoms with E-state index in [1.807, 2.05) is 6.07 Å². The fourth-order valence-electron chi connectivity index (χ4n) is 1.20. The quantitative estimate of drug-likeness (QED) is 0.623. The lowest BCUT2D eigenvalue weighted by Crippen LogP contribution is -2.30. The minimum Gasteiger partial charge on any atom is -0.389 e. The monoisotopic (exact) mass is 207 g/mol. The number of aromatic nitrogens is 1. The molecule has 5 heteroatoms. The van der Waals surface area contributed by atoms with E-state index in [2.05, 4.69) is 10.3 Å². The van der Waals surface area contributed by atoms with Crippen LogP contribution in [-0.2, 0) is 0 Å². The number of rotatable bonds is 4. The highest BCUT2D eigenvalue weighted by Crippen LogP contribution is 2.14. The minimum atomic E-state index is -1.08. The molecule has 0 saturated carbocycles. The highest BCUT2D eigenvalue weighted by atomic mass is 16.3. The molecule has 0 aromatic carbocycles. The van der Waals surface area contributed by atoms with E-state index in [-0.39, 0.29) is 12.2 Å². The number of aliphatic hydroxyl groups is 2. The van der Waals surface area contributed by atoms with E-state index in [0.29, 0.717) is 5.69 Å². The third kappa shape index (κ3) is 2.99. The van der Waals surface area contributed by atoms with Gasteiger partial charge in [0.05, 0.1) is 11.8 Å². The molecule has 80 valence electrons. The number of nitriles is 1. The van der Waals surface area contributed by atoms with Crippen molar-refractivity contribution in [2.45, 2.75) is 12.2 Å². The van der Waals surface area contributed by atoms with Crippen LogP contribution < -0.4 is 5.32 Å². The van der Waals surface area contributed by atoms with Crippen LogP contribution in [0.4, 0.5) is 0 Å². The first kappa shape index (κ1) is 11.6. The fraction of sp³-hybridized carbons (Fsp3) is 0.400. The van der Waals surface area contributed by atoms with Crippen molar-refractivity contribution in [3.05, 3.63) is 29.6 Å². The van der Waals surface area contributed by atoms with E-state index in [4.69, 9.17) is 5.26 Å². The van der Waals surface area contributed by atoms with Crippen molar-refractivity contribution in [1.29, 1.82) is 5.26 Å². The lowest BCUT2D eigenvalue weighted by atomic mass is 10.1. The van der Waals surface area contributed by atoms with Crippen LogP contribution in [0.2, 0.25) is 0 Å². The van der Waals surface area contributed by atoms with Crippen molar-refractivity contribution in [1.82, 2.24) is 10.3 Å². The summed E-state index contributed by atoms with van der Waals surface area (Å²) >= 11 is 0. The number of hydrogen-bond acceptors (Lipinski definition) is 5. The lowest BCUT2D eigenvalue weighted by molar-refractivity contribution is 0.0176. The number of nitrogens with zero attached hydrogens (tertiary/aromatic N) is 2. The van der Waals surface area contributed by atoms with Gasteiger partial charge in [-0.15, -0.1) is 0 Å². The molecule has 1 heterocycles. The Kier molecular flexibility index (Phi) is 4.18.